The fourth-order valence-corrected chi connectivity index (χ4v) is 1.15. The molecule has 0 saturated heterocycles. The van der Waals surface area contributed by atoms with Crippen LogP contribution in [0.4, 0.5) is 13.2 Å². The molecule has 0 aliphatic carbocycles. The number of ether oxygens (including phenoxy) is 1. The van der Waals surface area contributed by atoms with Crippen molar-refractivity contribution in [1.29, 1.82) is 0 Å². The summed E-state index contributed by atoms with van der Waals surface area (Å²) in [6, 6.07) is 2.76. The summed E-state index contributed by atoms with van der Waals surface area (Å²) in [7, 11) is 0. The minimum Gasteiger partial charge on any atom is -0.409 e. The second kappa shape index (κ2) is 3.79. The van der Waals surface area contributed by atoms with Crippen LogP contribution < -0.4 is 4.74 Å². The van der Waals surface area contributed by atoms with E-state index in [4.69, 9.17) is 0 Å². The van der Waals surface area contributed by atoms with Gasteiger partial charge in [0.1, 0.15) is 0 Å². The second-order valence-electron chi connectivity index (χ2n) is 2.15. The second-order valence-corrected chi connectivity index (χ2v) is 3.06. The molecule has 0 bridgehead atoms. The highest BCUT2D eigenvalue weighted by Crippen LogP contribution is 2.21. The first kappa shape index (κ1) is 10.7. The van der Waals surface area contributed by atoms with E-state index in [2.05, 4.69) is 4.74 Å². The monoisotopic (exact) mass is 224 g/mol. The average molecular weight is 224 g/mol. The van der Waals surface area contributed by atoms with Crippen molar-refractivity contribution in [2.45, 2.75) is 6.18 Å². The molecule has 0 aliphatic heterocycles. The topological polar surface area (TPSA) is 43.4 Å². The molecule has 0 aromatic carbocycles. The largest absolute Gasteiger partial charge is 0.461 e. The fourth-order valence-electron chi connectivity index (χ4n) is 0.575. The zero-order valence-corrected chi connectivity index (χ0v) is 7.32. The van der Waals surface area contributed by atoms with Gasteiger partial charge in [0.15, 0.2) is 5.06 Å². The maximum Gasteiger partial charge on any atom is 0.461 e. The van der Waals surface area contributed by atoms with E-state index in [1.165, 1.54) is 17.5 Å². The van der Waals surface area contributed by atoms with E-state index >= 15 is 0 Å². The van der Waals surface area contributed by atoms with Gasteiger partial charge in [-0.3, -0.25) is 4.79 Å². The molecular formula is C7H3F3O3S. The number of Topliss-reactive ketones (excluding diaryl/α,β-unsaturated/α-hetero) is 1. The molecule has 0 atom stereocenters. The van der Waals surface area contributed by atoms with Crippen LogP contribution in [-0.2, 0) is 9.59 Å². The molecule has 0 fully saturated rings. The number of hydrogen-bond donors (Lipinski definition) is 0. The highest BCUT2D eigenvalue weighted by atomic mass is 32.1. The van der Waals surface area contributed by atoms with E-state index in [-0.39, 0.29) is 5.06 Å². The first-order chi connectivity index (χ1) is 6.41. The van der Waals surface area contributed by atoms with Crippen molar-refractivity contribution >= 4 is 23.1 Å². The number of thiophene rings is 1. The number of carbonyl (C=O) groups excluding carboxylic acids is 2. The quantitative estimate of drug-likeness (QED) is 0.568. The SMILES string of the molecule is O=C(Oc1cccs1)C(=O)C(F)(F)F. The van der Waals surface area contributed by atoms with Gasteiger partial charge in [-0.15, -0.1) is 11.3 Å². The highest BCUT2D eigenvalue weighted by molar-refractivity contribution is 7.11. The lowest BCUT2D eigenvalue weighted by molar-refractivity contribution is -0.179. The maximum atomic E-state index is 11.7. The molecule has 1 aromatic rings. The Kier molecular flexibility index (Phi) is 2.90. The van der Waals surface area contributed by atoms with E-state index in [9.17, 15) is 22.8 Å². The molecule has 14 heavy (non-hydrogen) atoms. The normalized spacial score (nSPS) is 11.1. The van der Waals surface area contributed by atoms with Crippen LogP contribution in [0.3, 0.4) is 0 Å². The molecule has 76 valence electrons. The molecule has 0 radical (unpaired) electrons. The van der Waals surface area contributed by atoms with E-state index in [1.807, 2.05) is 0 Å². The third-order valence-corrected chi connectivity index (χ3v) is 1.88. The Morgan fingerprint density at radius 1 is 1.36 bits per heavy atom. The summed E-state index contributed by atoms with van der Waals surface area (Å²) in [6.45, 7) is 0. The molecule has 0 N–H and O–H groups in total. The van der Waals surface area contributed by atoms with Gasteiger partial charge < -0.3 is 4.74 Å². The lowest BCUT2D eigenvalue weighted by Gasteiger charge is -2.03. The van der Waals surface area contributed by atoms with Gasteiger partial charge in [-0.2, -0.15) is 13.2 Å². The molecule has 0 spiro atoms. The van der Waals surface area contributed by atoms with Gasteiger partial charge in [0.25, 0.3) is 0 Å². The third-order valence-electron chi connectivity index (χ3n) is 1.13. The maximum absolute atomic E-state index is 11.7. The fraction of sp³-hybridized carbons (Fsp3) is 0.143. The highest BCUT2D eigenvalue weighted by Gasteiger charge is 2.45. The van der Waals surface area contributed by atoms with Crippen LogP contribution in [-0.4, -0.2) is 17.9 Å². The van der Waals surface area contributed by atoms with Crippen molar-refractivity contribution in [3.05, 3.63) is 17.5 Å². The minimum absolute atomic E-state index is 0.0485. The first-order valence-electron chi connectivity index (χ1n) is 3.28. The molecule has 1 aromatic heterocycles. The summed E-state index contributed by atoms with van der Waals surface area (Å²) in [5.74, 6) is -4.43. The van der Waals surface area contributed by atoms with Crippen molar-refractivity contribution in [2.75, 3.05) is 0 Å². The van der Waals surface area contributed by atoms with E-state index < -0.39 is 17.9 Å². The number of hydrogen-bond acceptors (Lipinski definition) is 4. The van der Waals surface area contributed by atoms with Gasteiger partial charge in [0.05, 0.1) is 0 Å². The molecule has 0 saturated carbocycles. The zero-order valence-electron chi connectivity index (χ0n) is 6.50. The number of ketones is 1. The number of alkyl halides is 3. The van der Waals surface area contributed by atoms with Gasteiger partial charge >= 0.3 is 17.9 Å². The van der Waals surface area contributed by atoms with Gasteiger partial charge in [-0.1, -0.05) is 0 Å². The van der Waals surface area contributed by atoms with Gasteiger partial charge in [-0.05, 0) is 17.5 Å². The first-order valence-corrected chi connectivity index (χ1v) is 4.16. The van der Waals surface area contributed by atoms with Crippen LogP contribution in [0.5, 0.6) is 5.06 Å². The summed E-state index contributed by atoms with van der Waals surface area (Å²) in [4.78, 5) is 20.9. The summed E-state index contributed by atoms with van der Waals surface area (Å²) >= 11 is 0.917. The number of halogens is 3. The summed E-state index contributed by atoms with van der Waals surface area (Å²) in [6.07, 6.45) is -5.19. The Morgan fingerprint density at radius 2 is 2.00 bits per heavy atom. The van der Waals surface area contributed by atoms with Crippen molar-refractivity contribution in [3.8, 4) is 5.06 Å². The van der Waals surface area contributed by atoms with Crippen molar-refractivity contribution in [3.63, 3.8) is 0 Å². The van der Waals surface area contributed by atoms with Gasteiger partial charge in [-0.25, -0.2) is 4.79 Å². The molecule has 3 nitrogen and oxygen atoms in total. The van der Waals surface area contributed by atoms with Crippen molar-refractivity contribution in [2.24, 2.45) is 0 Å². The Hall–Kier alpha value is -1.37. The molecule has 1 rings (SSSR count). The predicted octanol–water partition coefficient (Wildman–Crippen LogP) is 1.78. The Balaban J connectivity index is 2.64. The smallest absolute Gasteiger partial charge is 0.409 e. The van der Waals surface area contributed by atoms with Crippen LogP contribution >= 0.6 is 11.3 Å². The number of carbonyl (C=O) groups is 2. The van der Waals surface area contributed by atoms with Crippen molar-refractivity contribution in [1.82, 2.24) is 0 Å². The lowest BCUT2D eigenvalue weighted by Crippen LogP contribution is -2.33. The van der Waals surface area contributed by atoms with Crippen LogP contribution in [0.15, 0.2) is 17.5 Å². The average Bonchev–Trinajstić information content (AvgIpc) is 2.53. The molecule has 0 aliphatic rings. The van der Waals surface area contributed by atoms with Crippen molar-refractivity contribution < 1.29 is 27.5 Å². The summed E-state index contributed by atoms with van der Waals surface area (Å²) < 4.78 is 39.2. The van der Waals surface area contributed by atoms with E-state index in [0.29, 0.717) is 0 Å². The van der Waals surface area contributed by atoms with E-state index in [0.717, 1.165) is 11.3 Å². The number of esters is 1. The predicted molar refractivity (Wildman–Crippen MR) is 41.0 cm³/mol. The Morgan fingerprint density at radius 3 is 2.43 bits per heavy atom. The van der Waals surface area contributed by atoms with Crippen LogP contribution in [0.1, 0.15) is 0 Å². The zero-order chi connectivity index (χ0) is 10.8. The number of rotatable bonds is 2. The summed E-state index contributed by atoms with van der Waals surface area (Å²) in [5, 5.41) is 1.45. The third kappa shape index (κ3) is 2.56. The Labute approximate surface area is 80.1 Å². The standard InChI is InChI=1S/C7H3F3O3S/c8-7(9,10)5(11)6(12)13-4-2-1-3-14-4/h1-3H. The molecule has 0 unspecified atom stereocenters. The van der Waals surface area contributed by atoms with Crippen LogP contribution in [0.2, 0.25) is 0 Å². The Bertz CT molecular complexity index is 342. The minimum atomic E-state index is -5.19. The van der Waals surface area contributed by atoms with Gasteiger partial charge in [0.2, 0.25) is 0 Å². The summed E-state index contributed by atoms with van der Waals surface area (Å²) in [5.41, 5.74) is 0. The molecule has 7 heteroatoms. The van der Waals surface area contributed by atoms with Gasteiger partial charge in [0, 0.05) is 0 Å². The lowest BCUT2D eigenvalue weighted by atomic mass is 10.4. The molecular weight excluding hydrogens is 221 g/mol. The van der Waals surface area contributed by atoms with Crippen LogP contribution in [0, 0.1) is 0 Å². The van der Waals surface area contributed by atoms with E-state index in [1.54, 1.807) is 0 Å². The molecule has 0 amide bonds. The van der Waals surface area contributed by atoms with Crippen LogP contribution in [0.25, 0.3) is 0 Å². The molecule has 1 heterocycles.